The molecule has 5 nitrogen and oxygen atoms in total. The Balaban J connectivity index is 1.70. The van der Waals surface area contributed by atoms with Crippen molar-refractivity contribution in [1.82, 2.24) is 9.80 Å². The van der Waals surface area contributed by atoms with E-state index in [4.69, 9.17) is 9.47 Å². The van der Waals surface area contributed by atoms with E-state index in [0.717, 1.165) is 12.3 Å². The highest BCUT2D eigenvalue weighted by Crippen LogP contribution is 2.11. The van der Waals surface area contributed by atoms with Crippen molar-refractivity contribution >= 4 is 5.91 Å². The Labute approximate surface area is 132 Å². The van der Waals surface area contributed by atoms with Gasteiger partial charge >= 0.3 is 0 Å². The molecule has 5 heteroatoms. The van der Waals surface area contributed by atoms with Gasteiger partial charge in [-0.1, -0.05) is 18.2 Å². The van der Waals surface area contributed by atoms with E-state index in [1.807, 2.05) is 61.0 Å². The summed E-state index contributed by atoms with van der Waals surface area (Å²) in [6, 6.07) is 9.72. The Bertz CT molecular complexity index is 456. The summed E-state index contributed by atoms with van der Waals surface area (Å²) in [6.45, 7) is 7.08. The third kappa shape index (κ3) is 5.31. The summed E-state index contributed by atoms with van der Waals surface area (Å²) in [5, 5.41) is 0. The van der Waals surface area contributed by atoms with Gasteiger partial charge in [0.2, 0.25) is 5.91 Å². The Morgan fingerprint density at radius 2 is 1.91 bits per heavy atom. The van der Waals surface area contributed by atoms with Crippen molar-refractivity contribution < 1.29 is 14.3 Å². The van der Waals surface area contributed by atoms with Crippen LogP contribution >= 0.6 is 0 Å². The number of para-hydroxylation sites is 1. The van der Waals surface area contributed by atoms with Gasteiger partial charge in [0.05, 0.1) is 18.8 Å². The van der Waals surface area contributed by atoms with Crippen molar-refractivity contribution in [3.63, 3.8) is 0 Å². The van der Waals surface area contributed by atoms with Crippen LogP contribution in [0, 0.1) is 0 Å². The molecule has 1 aromatic carbocycles. The zero-order valence-electron chi connectivity index (χ0n) is 13.7. The van der Waals surface area contributed by atoms with Crippen molar-refractivity contribution in [2.24, 2.45) is 0 Å². The number of morpholine rings is 1. The van der Waals surface area contributed by atoms with E-state index in [0.29, 0.717) is 26.2 Å². The van der Waals surface area contributed by atoms with Crippen LogP contribution in [0.5, 0.6) is 5.75 Å². The molecule has 0 saturated carbocycles. The molecular weight excluding hydrogens is 280 g/mol. The average Bonchev–Trinajstić information content (AvgIpc) is 2.47. The molecule has 0 spiro atoms. The number of benzene rings is 1. The summed E-state index contributed by atoms with van der Waals surface area (Å²) in [5.41, 5.74) is 0. The lowest BCUT2D eigenvalue weighted by Gasteiger charge is -2.36. The van der Waals surface area contributed by atoms with Crippen LogP contribution in [0.2, 0.25) is 0 Å². The number of hydrogen-bond donors (Lipinski definition) is 0. The molecule has 1 heterocycles. The molecule has 122 valence electrons. The second-order valence-corrected chi connectivity index (χ2v) is 5.96. The minimum Gasteiger partial charge on any atom is -0.492 e. The van der Waals surface area contributed by atoms with Crippen LogP contribution in [0.15, 0.2) is 30.3 Å². The molecule has 22 heavy (non-hydrogen) atoms. The van der Waals surface area contributed by atoms with Crippen molar-refractivity contribution in [3.8, 4) is 5.75 Å². The van der Waals surface area contributed by atoms with Gasteiger partial charge in [-0.2, -0.15) is 0 Å². The Kier molecular flexibility index (Phi) is 6.21. The highest BCUT2D eigenvalue weighted by atomic mass is 16.5. The molecule has 1 saturated heterocycles. The second kappa shape index (κ2) is 8.15. The number of carbonyl (C=O) groups is 1. The van der Waals surface area contributed by atoms with Crippen LogP contribution in [0.25, 0.3) is 0 Å². The molecule has 0 radical (unpaired) electrons. The highest BCUT2D eigenvalue weighted by molar-refractivity contribution is 5.78. The van der Waals surface area contributed by atoms with Gasteiger partial charge < -0.3 is 14.4 Å². The fraction of sp³-hybridized carbons (Fsp3) is 0.588. The predicted molar refractivity (Wildman–Crippen MR) is 86.0 cm³/mol. The van der Waals surface area contributed by atoms with Crippen molar-refractivity contribution in [1.29, 1.82) is 0 Å². The summed E-state index contributed by atoms with van der Waals surface area (Å²) < 4.78 is 11.3. The molecule has 0 bridgehead atoms. The zero-order valence-corrected chi connectivity index (χ0v) is 13.7. The molecule has 2 unspecified atom stereocenters. The van der Waals surface area contributed by atoms with Crippen LogP contribution < -0.4 is 4.74 Å². The summed E-state index contributed by atoms with van der Waals surface area (Å²) in [4.78, 5) is 16.2. The first-order valence-electron chi connectivity index (χ1n) is 7.84. The Morgan fingerprint density at radius 1 is 1.27 bits per heavy atom. The van der Waals surface area contributed by atoms with Crippen LogP contribution in [-0.2, 0) is 9.53 Å². The second-order valence-electron chi connectivity index (χ2n) is 5.96. The van der Waals surface area contributed by atoms with E-state index in [9.17, 15) is 4.79 Å². The minimum absolute atomic E-state index is 0.111. The van der Waals surface area contributed by atoms with E-state index in [-0.39, 0.29) is 18.1 Å². The van der Waals surface area contributed by atoms with Crippen LogP contribution in [0.1, 0.15) is 13.8 Å². The van der Waals surface area contributed by atoms with Gasteiger partial charge in [-0.05, 0) is 33.0 Å². The first kappa shape index (κ1) is 16.8. The smallest absolute Gasteiger partial charge is 0.236 e. The van der Waals surface area contributed by atoms with E-state index in [1.165, 1.54) is 0 Å². The molecule has 0 aliphatic carbocycles. The van der Waals surface area contributed by atoms with Crippen molar-refractivity contribution in [2.75, 3.05) is 39.8 Å². The maximum absolute atomic E-state index is 12.3. The first-order chi connectivity index (χ1) is 10.5. The number of amides is 1. The highest BCUT2D eigenvalue weighted by Gasteiger charge is 2.26. The third-order valence-electron chi connectivity index (χ3n) is 3.66. The summed E-state index contributed by atoms with van der Waals surface area (Å²) in [7, 11) is 1.94. The number of carbonyl (C=O) groups excluding carboxylic acids is 1. The van der Waals surface area contributed by atoms with Crippen molar-refractivity contribution in [3.05, 3.63) is 30.3 Å². The molecule has 1 aliphatic heterocycles. The summed E-state index contributed by atoms with van der Waals surface area (Å²) in [5.74, 6) is 1.02. The SMILES string of the molecule is CC1CN(C(=O)CN(C)CCOc2ccccc2)CC(C)O1. The quantitative estimate of drug-likeness (QED) is 0.801. The predicted octanol–water partition coefficient (Wildman–Crippen LogP) is 1.63. The van der Waals surface area contributed by atoms with Gasteiger partial charge in [0.15, 0.2) is 0 Å². The lowest BCUT2D eigenvalue weighted by molar-refractivity contribution is -0.144. The van der Waals surface area contributed by atoms with Crippen LogP contribution in [0.3, 0.4) is 0 Å². The van der Waals surface area contributed by atoms with E-state index >= 15 is 0 Å². The average molecular weight is 306 g/mol. The van der Waals surface area contributed by atoms with E-state index in [1.54, 1.807) is 0 Å². The van der Waals surface area contributed by atoms with Crippen LogP contribution in [-0.4, -0.2) is 67.7 Å². The molecule has 1 aromatic rings. The van der Waals surface area contributed by atoms with Gasteiger partial charge in [0, 0.05) is 19.6 Å². The number of ether oxygens (including phenoxy) is 2. The summed E-state index contributed by atoms with van der Waals surface area (Å²) in [6.07, 6.45) is 0.221. The molecule has 1 fully saturated rings. The number of likely N-dealkylation sites (N-methyl/N-ethyl adjacent to an activating group) is 1. The van der Waals surface area contributed by atoms with Gasteiger partial charge in [-0.15, -0.1) is 0 Å². The molecule has 0 N–H and O–H groups in total. The molecule has 2 atom stereocenters. The Morgan fingerprint density at radius 3 is 2.55 bits per heavy atom. The van der Waals surface area contributed by atoms with Gasteiger partial charge in [-0.25, -0.2) is 0 Å². The molecule has 1 aliphatic rings. The van der Waals surface area contributed by atoms with Gasteiger partial charge in [0.1, 0.15) is 12.4 Å². The minimum atomic E-state index is 0.111. The molecule has 2 rings (SSSR count). The molecular formula is C17H26N2O3. The summed E-state index contributed by atoms with van der Waals surface area (Å²) >= 11 is 0. The lowest BCUT2D eigenvalue weighted by Crippen LogP contribution is -2.50. The van der Waals surface area contributed by atoms with E-state index < -0.39 is 0 Å². The zero-order chi connectivity index (χ0) is 15.9. The fourth-order valence-electron chi connectivity index (χ4n) is 2.63. The standard InChI is InChI=1S/C17H26N2O3/c1-14-11-19(12-15(2)22-14)17(20)13-18(3)9-10-21-16-7-5-4-6-8-16/h4-8,14-15H,9-13H2,1-3H3. The number of rotatable bonds is 6. The molecule has 1 amide bonds. The van der Waals surface area contributed by atoms with Crippen molar-refractivity contribution in [2.45, 2.75) is 26.1 Å². The largest absolute Gasteiger partial charge is 0.492 e. The maximum atomic E-state index is 12.3. The number of nitrogens with zero attached hydrogens (tertiary/aromatic N) is 2. The number of hydrogen-bond acceptors (Lipinski definition) is 4. The normalized spacial score (nSPS) is 21.9. The van der Waals surface area contributed by atoms with Gasteiger partial charge in [-0.3, -0.25) is 9.69 Å². The first-order valence-corrected chi connectivity index (χ1v) is 7.84. The third-order valence-corrected chi connectivity index (χ3v) is 3.66. The maximum Gasteiger partial charge on any atom is 0.236 e. The Hall–Kier alpha value is -1.59. The molecule has 0 aromatic heterocycles. The topological polar surface area (TPSA) is 42.0 Å². The fourth-order valence-corrected chi connectivity index (χ4v) is 2.63. The van der Waals surface area contributed by atoms with Crippen LogP contribution in [0.4, 0.5) is 0 Å². The lowest BCUT2D eigenvalue weighted by atomic mass is 10.2. The monoisotopic (exact) mass is 306 g/mol. The van der Waals surface area contributed by atoms with Gasteiger partial charge in [0.25, 0.3) is 0 Å². The van der Waals surface area contributed by atoms with E-state index in [2.05, 4.69) is 0 Å².